The van der Waals surface area contributed by atoms with Crippen molar-refractivity contribution < 1.29 is 24.2 Å². The van der Waals surface area contributed by atoms with E-state index in [2.05, 4.69) is 25.2 Å². The second kappa shape index (κ2) is 10.5. The van der Waals surface area contributed by atoms with Crippen molar-refractivity contribution in [2.75, 3.05) is 0 Å². The first-order valence-corrected chi connectivity index (χ1v) is 14.1. The molecule has 4 atom stereocenters. The molecule has 36 heavy (non-hydrogen) atoms. The maximum Gasteiger partial charge on any atom is 0.302 e. The number of carbonyl (C=O) groups excluding carboxylic acids is 2. The van der Waals surface area contributed by atoms with Crippen molar-refractivity contribution in [1.29, 1.82) is 0 Å². The normalized spacial score (nSPS) is 32.5. The van der Waals surface area contributed by atoms with Crippen LogP contribution >= 0.6 is 0 Å². The zero-order valence-electron chi connectivity index (χ0n) is 23.0. The Kier molecular flexibility index (Phi) is 7.90. The van der Waals surface area contributed by atoms with Crippen LogP contribution in [0.25, 0.3) is 0 Å². The topological polar surface area (TPSA) is 72.8 Å². The van der Waals surface area contributed by atoms with Gasteiger partial charge in [0.2, 0.25) is 0 Å². The number of hydrogen-bond donors (Lipinski definition) is 1. The molecular weight excluding hydrogens is 452 g/mol. The molecule has 5 nitrogen and oxygen atoms in total. The predicted molar refractivity (Wildman–Crippen MR) is 141 cm³/mol. The van der Waals surface area contributed by atoms with E-state index in [1.54, 1.807) is 5.57 Å². The van der Waals surface area contributed by atoms with Gasteiger partial charge in [-0.2, -0.15) is 0 Å². The van der Waals surface area contributed by atoms with Crippen LogP contribution in [0.4, 0.5) is 0 Å². The third kappa shape index (κ3) is 6.33. The average molecular weight is 499 g/mol. The van der Waals surface area contributed by atoms with Gasteiger partial charge >= 0.3 is 11.9 Å². The minimum Gasteiger partial charge on any atom is -0.462 e. The second-order valence-electron chi connectivity index (χ2n) is 12.8. The van der Waals surface area contributed by atoms with Gasteiger partial charge in [-0.3, -0.25) is 9.59 Å². The highest BCUT2D eigenvalue weighted by Crippen LogP contribution is 2.67. The van der Waals surface area contributed by atoms with Gasteiger partial charge in [-0.1, -0.05) is 41.9 Å². The Morgan fingerprint density at radius 1 is 1.08 bits per heavy atom. The molecule has 0 saturated heterocycles. The molecule has 4 aliphatic carbocycles. The van der Waals surface area contributed by atoms with Gasteiger partial charge in [-0.25, -0.2) is 0 Å². The van der Waals surface area contributed by atoms with Gasteiger partial charge in [0.1, 0.15) is 12.2 Å². The van der Waals surface area contributed by atoms with Gasteiger partial charge in [0.25, 0.3) is 0 Å². The first-order chi connectivity index (χ1) is 16.9. The van der Waals surface area contributed by atoms with E-state index in [4.69, 9.17) is 9.47 Å². The molecule has 3 fully saturated rings. The number of allylic oxidation sites excluding steroid dienone is 5. The molecular formula is C31H46O5. The Morgan fingerprint density at radius 2 is 1.72 bits per heavy atom. The Labute approximate surface area is 217 Å². The fourth-order valence-electron chi connectivity index (χ4n) is 7.44. The van der Waals surface area contributed by atoms with E-state index in [-0.39, 0.29) is 29.6 Å². The lowest BCUT2D eigenvalue weighted by atomic mass is 9.61. The zero-order valence-corrected chi connectivity index (χ0v) is 23.0. The molecule has 4 rings (SSSR count). The quantitative estimate of drug-likeness (QED) is 0.296. The molecule has 0 bridgehead atoms. The molecule has 0 unspecified atom stereocenters. The van der Waals surface area contributed by atoms with Gasteiger partial charge in [-0.15, -0.1) is 0 Å². The minimum absolute atomic E-state index is 0.236. The van der Waals surface area contributed by atoms with Gasteiger partial charge < -0.3 is 14.6 Å². The van der Waals surface area contributed by atoms with E-state index in [1.165, 1.54) is 57.1 Å². The monoisotopic (exact) mass is 498 g/mol. The van der Waals surface area contributed by atoms with E-state index < -0.39 is 5.60 Å². The molecule has 0 aromatic carbocycles. The van der Waals surface area contributed by atoms with Crippen molar-refractivity contribution in [1.82, 2.24) is 0 Å². The summed E-state index contributed by atoms with van der Waals surface area (Å²) in [7, 11) is 0. The van der Waals surface area contributed by atoms with E-state index >= 15 is 0 Å². The van der Waals surface area contributed by atoms with Crippen LogP contribution < -0.4 is 0 Å². The number of aliphatic hydroxyl groups is 1. The number of hydrogen-bond acceptors (Lipinski definition) is 5. The molecule has 0 radical (unpaired) electrons. The third-order valence-corrected chi connectivity index (χ3v) is 9.12. The Hall–Kier alpha value is -1.88. The van der Waals surface area contributed by atoms with Crippen LogP contribution in [0.1, 0.15) is 112 Å². The van der Waals surface area contributed by atoms with Crippen molar-refractivity contribution in [3.8, 4) is 0 Å². The molecule has 4 aliphatic rings. The maximum atomic E-state index is 11.6. The molecule has 0 spiro atoms. The SMILES string of the molecule is CC(=O)O[C@@H]1CC(=C/C=C2\CCC[C@]3(C)C(C4(CCCC(C)(C)O)CC4)=CC[C@@H]23)C[C@@H](OC(C)=O)C1. The summed E-state index contributed by atoms with van der Waals surface area (Å²) in [5.41, 5.74) is 4.46. The van der Waals surface area contributed by atoms with E-state index in [0.717, 1.165) is 25.7 Å². The number of fused-ring (bicyclic) bond motifs is 1. The van der Waals surface area contributed by atoms with Crippen LogP contribution in [0.2, 0.25) is 0 Å². The largest absolute Gasteiger partial charge is 0.462 e. The van der Waals surface area contributed by atoms with Gasteiger partial charge in [0.05, 0.1) is 5.60 Å². The number of carbonyl (C=O) groups is 2. The predicted octanol–water partition coefficient (Wildman–Crippen LogP) is 6.74. The smallest absolute Gasteiger partial charge is 0.302 e. The summed E-state index contributed by atoms with van der Waals surface area (Å²) in [6, 6.07) is 0. The fourth-order valence-corrected chi connectivity index (χ4v) is 7.44. The fraction of sp³-hybridized carbons (Fsp3) is 0.742. The van der Waals surface area contributed by atoms with E-state index in [9.17, 15) is 14.7 Å². The molecule has 0 amide bonds. The Balaban J connectivity index is 1.47. The van der Waals surface area contributed by atoms with Gasteiger partial charge in [0.15, 0.2) is 0 Å². The number of rotatable bonds is 8. The van der Waals surface area contributed by atoms with Gasteiger partial charge in [-0.05, 0) is 88.4 Å². The standard InChI is InChI=1S/C31H46O5/c1-21(32)35-25-18-23(19-26(20-25)36-22(2)33)9-10-24-8-6-14-30(5)27(24)11-12-28(30)31(16-17-31)15-7-13-29(3,4)34/h9-10,12,25-27,34H,6-8,11,13-20H2,1-5H3/b24-10+/t25-,26-,27+,30+/m1/s1. The van der Waals surface area contributed by atoms with Crippen LogP contribution in [0, 0.1) is 16.7 Å². The Morgan fingerprint density at radius 3 is 2.28 bits per heavy atom. The third-order valence-electron chi connectivity index (χ3n) is 9.12. The molecule has 0 aromatic rings. The zero-order chi connectivity index (χ0) is 26.1. The van der Waals surface area contributed by atoms with Crippen LogP contribution in [-0.2, 0) is 19.1 Å². The number of ether oxygens (including phenoxy) is 2. The summed E-state index contributed by atoms with van der Waals surface area (Å²) < 4.78 is 11.0. The van der Waals surface area contributed by atoms with Crippen molar-refractivity contribution >= 4 is 11.9 Å². The Bertz CT molecular complexity index is 919. The second-order valence-corrected chi connectivity index (χ2v) is 12.8. The molecule has 1 N–H and O–H groups in total. The highest BCUT2D eigenvalue weighted by molar-refractivity contribution is 5.67. The first-order valence-electron chi connectivity index (χ1n) is 14.1. The maximum absolute atomic E-state index is 11.6. The van der Waals surface area contributed by atoms with Gasteiger partial charge in [0, 0.05) is 33.1 Å². The van der Waals surface area contributed by atoms with E-state index in [0.29, 0.717) is 30.6 Å². The van der Waals surface area contributed by atoms with Crippen molar-refractivity contribution in [3.63, 3.8) is 0 Å². The molecule has 0 heterocycles. The summed E-state index contributed by atoms with van der Waals surface area (Å²) in [4.78, 5) is 23.1. The van der Waals surface area contributed by atoms with Crippen LogP contribution in [0.5, 0.6) is 0 Å². The first kappa shape index (κ1) is 27.2. The summed E-state index contributed by atoms with van der Waals surface area (Å²) >= 11 is 0. The lowest BCUT2D eigenvalue weighted by Crippen LogP contribution is -2.33. The summed E-state index contributed by atoms with van der Waals surface area (Å²) in [6.07, 6.45) is 19.1. The van der Waals surface area contributed by atoms with Crippen molar-refractivity contribution in [2.45, 2.75) is 129 Å². The molecule has 5 heteroatoms. The molecule has 3 saturated carbocycles. The highest BCUT2D eigenvalue weighted by atomic mass is 16.6. The molecule has 0 aromatic heterocycles. The van der Waals surface area contributed by atoms with Crippen molar-refractivity contribution in [3.05, 3.63) is 34.9 Å². The summed E-state index contributed by atoms with van der Waals surface area (Å²) in [5, 5.41) is 10.2. The highest BCUT2D eigenvalue weighted by Gasteiger charge is 2.56. The number of esters is 2. The lowest BCUT2D eigenvalue weighted by Gasteiger charge is -2.43. The van der Waals surface area contributed by atoms with Crippen LogP contribution in [0.15, 0.2) is 34.9 Å². The molecule has 0 aliphatic heterocycles. The summed E-state index contributed by atoms with van der Waals surface area (Å²) in [6.45, 7) is 9.21. The molecule has 200 valence electrons. The minimum atomic E-state index is -0.580. The van der Waals surface area contributed by atoms with Crippen LogP contribution in [0.3, 0.4) is 0 Å². The average Bonchev–Trinajstić information content (AvgIpc) is 3.43. The van der Waals surface area contributed by atoms with Crippen LogP contribution in [-0.4, -0.2) is 34.9 Å². The van der Waals surface area contributed by atoms with E-state index in [1.807, 2.05) is 13.8 Å². The summed E-state index contributed by atoms with van der Waals surface area (Å²) in [5.74, 6) is -0.0160. The lowest BCUT2D eigenvalue weighted by molar-refractivity contribution is -0.154. The van der Waals surface area contributed by atoms with Crippen molar-refractivity contribution in [2.24, 2.45) is 16.7 Å².